The molecule has 3 nitrogen and oxygen atoms in total. The second-order valence-corrected chi connectivity index (χ2v) is 9.01. The van der Waals surface area contributed by atoms with Crippen molar-refractivity contribution < 1.29 is 0 Å². The highest BCUT2D eigenvalue weighted by molar-refractivity contribution is 5.17. The van der Waals surface area contributed by atoms with Crippen molar-refractivity contribution in [2.75, 3.05) is 0 Å². The summed E-state index contributed by atoms with van der Waals surface area (Å²) >= 11 is 0. The first kappa shape index (κ1) is 20.7. The van der Waals surface area contributed by atoms with Gasteiger partial charge < -0.3 is 11.1 Å². The molecule has 144 valence electrons. The summed E-state index contributed by atoms with van der Waals surface area (Å²) in [5.41, 5.74) is 7.71. The van der Waals surface area contributed by atoms with E-state index in [4.69, 9.17) is 10.7 Å². The number of hydrogen-bond acceptors (Lipinski definition) is 3. The Hall–Kier alpha value is -1.61. The third-order valence-corrected chi connectivity index (χ3v) is 5.78. The van der Waals surface area contributed by atoms with Crippen LogP contribution in [0.1, 0.15) is 71.9 Å². The van der Waals surface area contributed by atoms with Gasteiger partial charge in [-0.2, -0.15) is 0 Å². The third kappa shape index (κ3) is 5.44. The molecule has 0 aromatic carbocycles. The number of aromatic nitrogens is 1. The largest absolute Gasteiger partial charge is 0.384 e. The molecule has 0 saturated carbocycles. The summed E-state index contributed by atoms with van der Waals surface area (Å²) in [5, 5.41) is 3.51. The Morgan fingerprint density at radius 2 is 1.96 bits per heavy atom. The Kier molecular flexibility index (Phi) is 7.05. The van der Waals surface area contributed by atoms with Crippen LogP contribution >= 0.6 is 0 Å². The number of nitrogens with two attached hydrogens (primary N) is 1. The standard InChI is InChI=1S/C23H37N3/c1-6-7-12-18(20-13-8-10-15-25-20)22(2,3)17-19(23(4,5)24)21-14-9-11-16-26-21/h8-11,13-16,18-19,21,26H,6-7,12,17,24H2,1-5H3. The number of nitrogens with zero attached hydrogens (tertiary/aromatic N) is 1. The van der Waals surface area contributed by atoms with Gasteiger partial charge in [0.1, 0.15) is 0 Å². The number of dihydropyridines is 1. The van der Waals surface area contributed by atoms with Crippen molar-refractivity contribution >= 4 is 0 Å². The molecular formula is C23H37N3. The molecule has 0 spiro atoms. The van der Waals surface area contributed by atoms with E-state index in [1.54, 1.807) is 0 Å². The van der Waals surface area contributed by atoms with E-state index >= 15 is 0 Å². The molecule has 26 heavy (non-hydrogen) atoms. The zero-order valence-electron chi connectivity index (χ0n) is 17.2. The minimum Gasteiger partial charge on any atom is -0.384 e. The first-order valence-corrected chi connectivity index (χ1v) is 10.0. The Labute approximate surface area is 160 Å². The molecule has 0 radical (unpaired) electrons. The van der Waals surface area contributed by atoms with E-state index in [1.807, 2.05) is 24.5 Å². The van der Waals surface area contributed by atoms with E-state index in [-0.39, 0.29) is 17.0 Å². The topological polar surface area (TPSA) is 50.9 Å². The van der Waals surface area contributed by atoms with Crippen LogP contribution in [0.3, 0.4) is 0 Å². The minimum atomic E-state index is -0.260. The molecule has 2 heterocycles. The average Bonchev–Trinajstić information content (AvgIpc) is 2.61. The molecule has 1 aliphatic rings. The summed E-state index contributed by atoms with van der Waals surface area (Å²) in [6.07, 6.45) is 15.0. The average molecular weight is 356 g/mol. The van der Waals surface area contributed by atoms with Gasteiger partial charge in [-0.1, -0.05) is 51.8 Å². The quantitative estimate of drug-likeness (QED) is 0.643. The van der Waals surface area contributed by atoms with Crippen LogP contribution in [-0.4, -0.2) is 16.6 Å². The van der Waals surface area contributed by atoms with E-state index in [0.717, 1.165) is 6.42 Å². The third-order valence-electron chi connectivity index (χ3n) is 5.78. The fourth-order valence-corrected chi connectivity index (χ4v) is 4.20. The van der Waals surface area contributed by atoms with Crippen molar-refractivity contribution in [2.45, 2.75) is 77.8 Å². The van der Waals surface area contributed by atoms with Gasteiger partial charge in [-0.3, -0.25) is 4.98 Å². The highest BCUT2D eigenvalue weighted by atomic mass is 14.9. The molecule has 3 heteroatoms. The molecule has 0 fully saturated rings. The van der Waals surface area contributed by atoms with Gasteiger partial charge in [0.15, 0.2) is 0 Å². The van der Waals surface area contributed by atoms with Gasteiger partial charge in [-0.15, -0.1) is 0 Å². The second-order valence-electron chi connectivity index (χ2n) is 9.01. The van der Waals surface area contributed by atoms with Crippen LogP contribution in [0.2, 0.25) is 0 Å². The summed E-state index contributed by atoms with van der Waals surface area (Å²) in [5.74, 6) is 0.781. The predicted octanol–water partition coefficient (Wildman–Crippen LogP) is 5.17. The van der Waals surface area contributed by atoms with E-state index in [1.165, 1.54) is 25.0 Å². The van der Waals surface area contributed by atoms with Crippen LogP contribution in [0.4, 0.5) is 0 Å². The number of unbranched alkanes of at least 4 members (excludes halogenated alkanes) is 1. The zero-order chi connectivity index (χ0) is 19.2. The van der Waals surface area contributed by atoms with E-state index < -0.39 is 0 Å². The molecule has 3 unspecified atom stereocenters. The maximum atomic E-state index is 6.64. The minimum absolute atomic E-state index is 0.113. The molecule has 2 rings (SSSR count). The van der Waals surface area contributed by atoms with Crippen molar-refractivity contribution in [3.05, 3.63) is 54.5 Å². The van der Waals surface area contributed by atoms with Gasteiger partial charge in [-0.05, 0) is 56.5 Å². The summed E-state index contributed by atoms with van der Waals surface area (Å²) in [4.78, 5) is 4.71. The fourth-order valence-electron chi connectivity index (χ4n) is 4.20. The van der Waals surface area contributed by atoms with Crippen molar-refractivity contribution in [3.8, 4) is 0 Å². The lowest BCUT2D eigenvalue weighted by Crippen LogP contribution is -2.52. The lowest BCUT2D eigenvalue weighted by Gasteiger charge is -2.44. The Bertz CT molecular complexity index is 596. The normalized spacial score (nSPS) is 19.8. The smallest absolute Gasteiger partial charge is 0.0487 e. The van der Waals surface area contributed by atoms with Crippen molar-refractivity contribution in [3.63, 3.8) is 0 Å². The number of allylic oxidation sites excluding steroid dienone is 2. The first-order valence-electron chi connectivity index (χ1n) is 10.0. The van der Waals surface area contributed by atoms with Crippen LogP contribution in [0.25, 0.3) is 0 Å². The maximum Gasteiger partial charge on any atom is 0.0487 e. The van der Waals surface area contributed by atoms with Gasteiger partial charge in [0.2, 0.25) is 0 Å². The molecule has 3 N–H and O–H groups in total. The van der Waals surface area contributed by atoms with Crippen molar-refractivity contribution in [2.24, 2.45) is 17.1 Å². The van der Waals surface area contributed by atoms with Gasteiger partial charge in [0.25, 0.3) is 0 Å². The maximum absolute atomic E-state index is 6.64. The number of pyridine rings is 1. The molecule has 0 bridgehead atoms. The number of hydrogen-bond donors (Lipinski definition) is 2. The van der Waals surface area contributed by atoms with Gasteiger partial charge >= 0.3 is 0 Å². The van der Waals surface area contributed by atoms with Gasteiger partial charge in [-0.25, -0.2) is 0 Å². The highest BCUT2D eigenvalue weighted by Crippen LogP contribution is 2.45. The second kappa shape index (κ2) is 8.85. The van der Waals surface area contributed by atoms with Crippen LogP contribution in [0, 0.1) is 11.3 Å². The van der Waals surface area contributed by atoms with Crippen LogP contribution in [-0.2, 0) is 0 Å². The van der Waals surface area contributed by atoms with Gasteiger partial charge in [0, 0.05) is 35.3 Å². The summed E-state index contributed by atoms with van der Waals surface area (Å²) in [6.45, 7) is 11.4. The van der Waals surface area contributed by atoms with Crippen molar-refractivity contribution in [1.29, 1.82) is 0 Å². The lowest BCUT2D eigenvalue weighted by molar-refractivity contribution is 0.143. The van der Waals surface area contributed by atoms with E-state index in [2.05, 4.69) is 64.2 Å². The zero-order valence-corrected chi connectivity index (χ0v) is 17.2. The van der Waals surface area contributed by atoms with Crippen molar-refractivity contribution in [1.82, 2.24) is 10.3 Å². The molecule has 3 atom stereocenters. The fraction of sp³-hybridized carbons (Fsp3) is 0.609. The molecule has 0 aliphatic carbocycles. The number of nitrogens with one attached hydrogen (secondary N) is 1. The molecule has 0 saturated heterocycles. The summed E-state index contributed by atoms with van der Waals surface area (Å²) in [6, 6.07) is 6.57. The SMILES string of the molecule is CCCCC(c1ccccn1)C(C)(C)CC(C1C=CC=CN1)C(C)(C)N. The molecule has 1 aromatic rings. The Morgan fingerprint density at radius 3 is 2.50 bits per heavy atom. The van der Waals surface area contributed by atoms with Gasteiger partial charge in [0.05, 0.1) is 0 Å². The summed E-state index contributed by atoms with van der Waals surface area (Å²) in [7, 11) is 0. The Balaban J connectivity index is 2.27. The summed E-state index contributed by atoms with van der Waals surface area (Å²) < 4.78 is 0. The van der Waals surface area contributed by atoms with Crippen LogP contribution in [0.5, 0.6) is 0 Å². The number of rotatable bonds is 9. The Morgan fingerprint density at radius 1 is 1.19 bits per heavy atom. The predicted molar refractivity (Wildman–Crippen MR) is 112 cm³/mol. The molecule has 1 aromatic heterocycles. The lowest BCUT2D eigenvalue weighted by atomic mass is 9.65. The first-order chi connectivity index (χ1) is 12.3. The van der Waals surface area contributed by atoms with E-state index in [9.17, 15) is 0 Å². The van der Waals surface area contributed by atoms with E-state index in [0.29, 0.717) is 11.8 Å². The highest BCUT2D eigenvalue weighted by Gasteiger charge is 2.40. The monoisotopic (exact) mass is 355 g/mol. The molecule has 0 amide bonds. The van der Waals surface area contributed by atoms with Crippen LogP contribution in [0.15, 0.2) is 48.8 Å². The molecular weight excluding hydrogens is 318 g/mol. The van der Waals surface area contributed by atoms with Crippen LogP contribution < -0.4 is 11.1 Å². The molecule has 1 aliphatic heterocycles.